The molecule has 1 saturated heterocycles. The second-order valence-electron chi connectivity index (χ2n) is 5.47. The van der Waals surface area contributed by atoms with Crippen molar-refractivity contribution in [3.05, 3.63) is 22.6 Å². The van der Waals surface area contributed by atoms with E-state index in [4.69, 9.17) is 9.15 Å². The molecule has 1 aromatic heterocycles. The summed E-state index contributed by atoms with van der Waals surface area (Å²) in [6.07, 6.45) is 1.62. The monoisotopic (exact) mass is 315 g/mol. The molecule has 0 bridgehead atoms. The Balaban J connectivity index is 2.10. The van der Waals surface area contributed by atoms with Gasteiger partial charge >= 0.3 is 6.09 Å². The van der Waals surface area contributed by atoms with Gasteiger partial charge < -0.3 is 9.15 Å². The van der Waals surface area contributed by atoms with Gasteiger partial charge in [0.2, 0.25) is 0 Å². The lowest BCUT2D eigenvalue weighted by Crippen LogP contribution is -2.36. The standard InChI is InChI=1S/C13H18BrNO3/c1-13(2,3)18-12(16)15-8-4-5-9(15)10-6-7-11(14)17-10/h6-7,9H,4-5,8H2,1-3H3/t9-/m0/s1. The number of hydrogen-bond acceptors (Lipinski definition) is 3. The number of halogens is 1. The van der Waals surface area contributed by atoms with E-state index in [-0.39, 0.29) is 12.1 Å². The summed E-state index contributed by atoms with van der Waals surface area (Å²) in [6, 6.07) is 3.74. The van der Waals surface area contributed by atoms with E-state index in [0.717, 1.165) is 25.1 Å². The number of likely N-dealkylation sites (tertiary alicyclic amines) is 1. The first-order chi connectivity index (χ1) is 8.37. The second-order valence-corrected chi connectivity index (χ2v) is 6.26. The van der Waals surface area contributed by atoms with Crippen molar-refractivity contribution in [1.82, 2.24) is 4.90 Å². The molecule has 0 N–H and O–H groups in total. The second kappa shape index (κ2) is 4.96. The maximum absolute atomic E-state index is 12.1. The molecule has 1 atom stereocenters. The molecule has 1 aliphatic heterocycles. The van der Waals surface area contributed by atoms with Crippen LogP contribution in [0.1, 0.15) is 45.4 Å². The number of ether oxygens (including phenoxy) is 1. The highest BCUT2D eigenvalue weighted by atomic mass is 79.9. The molecule has 2 rings (SSSR count). The summed E-state index contributed by atoms with van der Waals surface area (Å²) < 4.78 is 11.6. The van der Waals surface area contributed by atoms with Crippen molar-refractivity contribution in [2.45, 2.75) is 45.3 Å². The van der Waals surface area contributed by atoms with Crippen LogP contribution in [0, 0.1) is 0 Å². The molecule has 1 amide bonds. The summed E-state index contributed by atoms with van der Waals surface area (Å²) in [7, 11) is 0. The zero-order valence-corrected chi connectivity index (χ0v) is 12.5. The molecule has 2 heterocycles. The first-order valence-corrected chi connectivity index (χ1v) is 6.91. The number of hydrogen-bond donors (Lipinski definition) is 0. The Labute approximate surface area is 115 Å². The molecule has 0 saturated carbocycles. The number of furan rings is 1. The molecule has 5 heteroatoms. The molecular weight excluding hydrogens is 298 g/mol. The van der Waals surface area contributed by atoms with Crippen LogP contribution < -0.4 is 0 Å². The fourth-order valence-electron chi connectivity index (χ4n) is 2.11. The fraction of sp³-hybridized carbons (Fsp3) is 0.615. The highest BCUT2D eigenvalue weighted by molar-refractivity contribution is 9.10. The summed E-state index contributed by atoms with van der Waals surface area (Å²) in [5.74, 6) is 0.810. The molecular formula is C13H18BrNO3. The quantitative estimate of drug-likeness (QED) is 0.783. The van der Waals surface area contributed by atoms with Gasteiger partial charge in [-0.2, -0.15) is 0 Å². The normalized spacial score (nSPS) is 20.2. The molecule has 0 radical (unpaired) electrons. The predicted molar refractivity (Wildman–Crippen MR) is 71.3 cm³/mol. The molecule has 4 nitrogen and oxygen atoms in total. The van der Waals surface area contributed by atoms with Crippen molar-refractivity contribution in [3.63, 3.8) is 0 Å². The van der Waals surface area contributed by atoms with E-state index < -0.39 is 5.60 Å². The van der Waals surface area contributed by atoms with Crippen LogP contribution in [0.25, 0.3) is 0 Å². The van der Waals surface area contributed by atoms with Gasteiger partial charge in [0.05, 0.1) is 6.04 Å². The summed E-state index contributed by atoms with van der Waals surface area (Å²) in [6.45, 7) is 6.34. The van der Waals surface area contributed by atoms with Crippen LogP contribution in [-0.2, 0) is 4.74 Å². The summed E-state index contributed by atoms with van der Waals surface area (Å²) >= 11 is 3.28. The number of carbonyl (C=O) groups excluding carboxylic acids is 1. The first kappa shape index (κ1) is 13.5. The number of nitrogens with zero attached hydrogens (tertiary/aromatic N) is 1. The molecule has 18 heavy (non-hydrogen) atoms. The van der Waals surface area contributed by atoms with Crippen LogP contribution in [0.2, 0.25) is 0 Å². The number of rotatable bonds is 1. The molecule has 0 aromatic carbocycles. The van der Waals surface area contributed by atoms with Gasteiger partial charge in [-0.25, -0.2) is 4.79 Å². The lowest BCUT2D eigenvalue weighted by atomic mass is 10.2. The fourth-order valence-corrected chi connectivity index (χ4v) is 2.43. The molecule has 1 aromatic rings. The van der Waals surface area contributed by atoms with Crippen LogP contribution in [-0.4, -0.2) is 23.1 Å². The van der Waals surface area contributed by atoms with Gasteiger partial charge in [0.15, 0.2) is 4.67 Å². The average molecular weight is 316 g/mol. The van der Waals surface area contributed by atoms with Gasteiger partial charge in [-0.15, -0.1) is 0 Å². The van der Waals surface area contributed by atoms with E-state index in [1.54, 1.807) is 4.90 Å². The third kappa shape index (κ3) is 3.07. The van der Waals surface area contributed by atoms with Gasteiger partial charge in [-0.1, -0.05) is 0 Å². The lowest BCUT2D eigenvalue weighted by molar-refractivity contribution is 0.0208. The topological polar surface area (TPSA) is 42.7 Å². The van der Waals surface area contributed by atoms with Crippen LogP contribution in [0.4, 0.5) is 4.79 Å². The minimum absolute atomic E-state index is 0.00819. The van der Waals surface area contributed by atoms with E-state index in [1.807, 2.05) is 32.9 Å². The molecule has 100 valence electrons. The van der Waals surface area contributed by atoms with Crippen LogP contribution >= 0.6 is 15.9 Å². The van der Waals surface area contributed by atoms with Gasteiger partial charge in [-0.3, -0.25) is 4.90 Å². The molecule has 1 aliphatic rings. The van der Waals surface area contributed by atoms with Crippen LogP contribution in [0.15, 0.2) is 21.2 Å². The average Bonchev–Trinajstić information content (AvgIpc) is 2.81. The third-order valence-electron chi connectivity index (χ3n) is 2.80. The van der Waals surface area contributed by atoms with E-state index in [0.29, 0.717) is 4.67 Å². The van der Waals surface area contributed by atoms with Gasteiger partial charge in [0.25, 0.3) is 0 Å². The Hall–Kier alpha value is -0.970. The van der Waals surface area contributed by atoms with E-state index >= 15 is 0 Å². The Kier molecular flexibility index (Phi) is 3.71. The zero-order valence-electron chi connectivity index (χ0n) is 10.9. The van der Waals surface area contributed by atoms with E-state index in [1.165, 1.54) is 0 Å². The third-order valence-corrected chi connectivity index (χ3v) is 3.23. The van der Waals surface area contributed by atoms with E-state index in [2.05, 4.69) is 15.9 Å². The Morgan fingerprint density at radius 3 is 2.78 bits per heavy atom. The summed E-state index contributed by atoms with van der Waals surface area (Å²) in [5, 5.41) is 0. The smallest absolute Gasteiger partial charge is 0.410 e. The molecule has 1 fully saturated rings. The van der Waals surface area contributed by atoms with E-state index in [9.17, 15) is 4.79 Å². The van der Waals surface area contributed by atoms with Crippen molar-refractivity contribution in [2.24, 2.45) is 0 Å². The van der Waals surface area contributed by atoms with Gasteiger partial charge in [0.1, 0.15) is 11.4 Å². The summed E-state index contributed by atoms with van der Waals surface area (Å²) in [4.78, 5) is 13.8. The Morgan fingerprint density at radius 1 is 1.50 bits per heavy atom. The number of carbonyl (C=O) groups is 1. The van der Waals surface area contributed by atoms with Crippen molar-refractivity contribution in [2.75, 3.05) is 6.54 Å². The van der Waals surface area contributed by atoms with Crippen molar-refractivity contribution in [1.29, 1.82) is 0 Å². The highest BCUT2D eigenvalue weighted by Crippen LogP contribution is 2.34. The summed E-state index contributed by atoms with van der Waals surface area (Å²) in [5.41, 5.74) is -0.464. The van der Waals surface area contributed by atoms with Crippen molar-refractivity contribution in [3.8, 4) is 0 Å². The van der Waals surface area contributed by atoms with Crippen LogP contribution in [0.3, 0.4) is 0 Å². The molecule has 0 spiro atoms. The minimum Gasteiger partial charge on any atom is -0.452 e. The van der Waals surface area contributed by atoms with Gasteiger partial charge in [0, 0.05) is 6.54 Å². The largest absolute Gasteiger partial charge is 0.452 e. The molecule has 0 aliphatic carbocycles. The molecule has 0 unspecified atom stereocenters. The first-order valence-electron chi connectivity index (χ1n) is 6.12. The van der Waals surface area contributed by atoms with Gasteiger partial charge in [-0.05, 0) is 61.7 Å². The Morgan fingerprint density at radius 2 is 2.22 bits per heavy atom. The van der Waals surface area contributed by atoms with Crippen molar-refractivity contribution < 1.29 is 13.9 Å². The lowest BCUT2D eigenvalue weighted by Gasteiger charge is -2.27. The Bertz CT molecular complexity index is 436. The van der Waals surface area contributed by atoms with Crippen molar-refractivity contribution >= 4 is 22.0 Å². The zero-order chi connectivity index (χ0) is 13.3. The van der Waals surface area contributed by atoms with Crippen LogP contribution in [0.5, 0.6) is 0 Å². The minimum atomic E-state index is -0.464. The predicted octanol–water partition coefficient (Wildman–Crippen LogP) is 4.11. The number of amides is 1. The highest BCUT2D eigenvalue weighted by Gasteiger charge is 2.34. The maximum Gasteiger partial charge on any atom is 0.410 e. The SMILES string of the molecule is CC(C)(C)OC(=O)N1CCC[C@H]1c1ccc(Br)o1. The maximum atomic E-state index is 12.1.